The molecule has 2 aliphatic rings. The Balaban J connectivity index is 1.72. The minimum atomic E-state index is -0.237. The second-order valence-electron chi connectivity index (χ2n) is 8.47. The molecule has 2 amide bonds. The number of rotatable bonds is 6. The van der Waals surface area contributed by atoms with Crippen LogP contribution in [0.15, 0.2) is 82.7 Å². The van der Waals surface area contributed by atoms with Crippen molar-refractivity contribution in [3.05, 3.63) is 94.4 Å². The molecule has 0 aromatic heterocycles. The van der Waals surface area contributed by atoms with Crippen molar-refractivity contribution < 1.29 is 9.59 Å². The molecular weight excluding hydrogens is 490 g/mol. The summed E-state index contributed by atoms with van der Waals surface area (Å²) in [4.78, 5) is 36.4. The molecule has 0 bridgehead atoms. The normalized spacial score (nSPS) is 18.5. The van der Waals surface area contributed by atoms with Gasteiger partial charge in [-0.15, -0.1) is 11.6 Å². The SMILES string of the molecule is CCc1ccccc1N=C1S/C(=C2/C(=O)N(CCCl)c3ccccc32)C(=O)N1c1ccccc1CC. The first kappa shape index (κ1) is 24.3. The van der Waals surface area contributed by atoms with E-state index in [4.69, 9.17) is 16.6 Å². The first-order valence-corrected chi connectivity index (χ1v) is 13.4. The fourth-order valence-electron chi connectivity index (χ4n) is 4.67. The second-order valence-corrected chi connectivity index (χ2v) is 9.82. The number of alkyl halides is 1. The lowest BCUT2D eigenvalue weighted by Crippen LogP contribution is -2.31. The number of fused-ring (bicyclic) bond motifs is 1. The van der Waals surface area contributed by atoms with Crippen LogP contribution in [0, 0.1) is 0 Å². The summed E-state index contributed by atoms with van der Waals surface area (Å²) in [7, 11) is 0. The molecular formula is C29H26ClN3O2S. The maximum absolute atomic E-state index is 14.1. The van der Waals surface area contributed by atoms with Gasteiger partial charge in [-0.1, -0.05) is 68.4 Å². The number of aliphatic imine (C=N–C) groups is 1. The van der Waals surface area contributed by atoms with Crippen molar-refractivity contribution in [3.8, 4) is 0 Å². The van der Waals surface area contributed by atoms with Crippen LogP contribution in [-0.4, -0.2) is 29.4 Å². The maximum Gasteiger partial charge on any atom is 0.272 e. The average Bonchev–Trinajstić information content (AvgIpc) is 3.37. The van der Waals surface area contributed by atoms with Crippen molar-refractivity contribution in [1.29, 1.82) is 0 Å². The molecule has 182 valence electrons. The van der Waals surface area contributed by atoms with Gasteiger partial charge >= 0.3 is 0 Å². The highest BCUT2D eigenvalue weighted by atomic mass is 35.5. The maximum atomic E-state index is 14.1. The molecule has 3 aromatic rings. The van der Waals surface area contributed by atoms with Crippen molar-refractivity contribution >= 4 is 63.0 Å². The molecule has 1 saturated heterocycles. The third-order valence-electron chi connectivity index (χ3n) is 6.44. The Morgan fingerprint density at radius 2 is 1.44 bits per heavy atom. The average molecular weight is 516 g/mol. The molecule has 0 N–H and O–H groups in total. The lowest BCUT2D eigenvalue weighted by Gasteiger charge is -2.19. The van der Waals surface area contributed by atoms with E-state index in [0.717, 1.165) is 46.6 Å². The van der Waals surface area contributed by atoms with E-state index in [-0.39, 0.29) is 11.8 Å². The van der Waals surface area contributed by atoms with Crippen LogP contribution < -0.4 is 9.80 Å². The Morgan fingerprint density at radius 3 is 2.17 bits per heavy atom. The summed E-state index contributed by atoms with van der Waals surface area (Å²) in [6, 6.07) is 23.4. The number of para-hydroxylation sites is 3. The van der Waals surface area contributed by atoms with Crippen LogP contribution in [0.5, 0.6) is 0 Å². The summed E-state index contributed by atoms with van der Waals surface area (Å²) in [5, 5.41) is 0.547. The highest BCUT2D eigenvalue weighted by molar-refractivity contribution is 8.19. The van der Waals surface area contributed by atoms with Gasteiger partial charge in [0.05, 0.1) is 27.5 Å². The van der Waals surface area contributed by atoms with Crippen molar-refractivity contribution in [2.75, 3.05) is 22.2 Å². The molecule has 0 spiro atoms. The van der Waals surface area contributed by atoms with E-state index >= 15 is 0 Å². The van der Waals surface area contributed by atoms with Crippen molar-refractivity contribution in [2.45, 2.75) is 26.7 Å². The molecule has 2 aliphatic heterocycles. The molecule has 36 heavy (non-hydrogen) atoms. The molecule has 1 fully saturated rings. The van der Waals surface area contributed by atoms with E-state index in [0.29, 0.717) is 28.1 Å². The molecule has 7 heteroatoms. The molecule has 0 atom stereocenters. The molecule has 5 nitrogen and oxygen atoms in total. The number of benzene rings is 3. The lowest BCUT2D eigenvalue weighted by molar-refractivity contribution is -0.115. The van der Waals surface area contributed by atoms with Crippen molar-refractivity contribution in [3.63, 3.8) is 0 Å². The number of nitrogens with zero attached hydrogens (tertiary/aromatic N) is 3. The van der Waals surface area contributed by atoms with E-state index in [2.05, 4.69) is 13.8 Å². The first-order valence-electron chi connectivity index (χ1n) is 12.1. The largest absolute Gasteiger partial charge is 0.306 e. The summed E-state index contributed by atoms with van der Waals surface area (Å²) < 4.78 is 0. The topological polar surface area (TPSA) is 53.0 Å². The third kappa shape index (κ3) is 4.14. The third-order valence-corrected chi connectivity index (χ3v) is 7.65. The predicted octanol–water partition coefficient (Wildman–Crippen LogP) is 6.58. The second kappa shape index (κ2) is 10.3. The van der Waals surface area contributed by atoms with Crippen molar-refractivity contribution in [1.82, 2.24) is 0 Å². The van der Waals surface area contributed by atoms with Gasteiger partial charge in [-0.05, 0) is 53.9 Å². The molecule has 3 aromatic carbocycles. The van der Waals surface area contributed by atoms with Gasteiger partial charge in [0.2, 0.25) is 0 Å². The number of halogens is 1. The van der Waals surface area contributed by atoms with Crippen LogP contribution in [0.1, 0.15) is 30.5 Å². The van der Waals surface area contributed by atoms with Crippen LogP contribution in [-0.2, 0) is 22.4 Å². The number of hydrogen-bond donors (Lipinski definition) is 0. The zero-order chi connectivity index (χ0) is 25.2. The van der Waals surface area contributed by atoms with E-state index in [1.54, 1.807) is 9.80 Å². The van der Waals surface area contributed by atoms with Crippen LogP contribution >= 0.6 is 23.4 Å². The Kier molecular flexibility index (Phi) is 6.99. The number of amidine groups is 1. The predicted molar refractivity (Wildman–Crippen MR) is 150 cm³/mol. The molecule has 0 unspecified atom stereocenters. The minimum Gasteiger partial charge on any atom is -0.306 e. The zero-order valence-electron chi connectivity index (χ0n) is 20.2. The lowest BCUT2D eigenvalue weighted by atomic mass is 10.1. The fraction of sp³-hybridized carbons (Fsp3) is 0.207. The Morgan fingerprint density at radius 1 is 0.806 bits per heavy atom. The monoisotopic (exact) mass is 515 g/mol. The summed E-state index contributed by atoms with van der Waals surface area (Å²) in [5.41, 5.74) is 5.69. The van der Waals surface area contributed by atoms with E-state index < -0.39 is 0 Å². The number of thioether (sulfide) groups is 1. The Bertz CT molecular complexity index is 1410. The Labute approximate surface area is 220 Å². The number of carbonyl (C=O) groups excluding carboxylic acids is 2. The minimum absolute atomic E-state index is 0.202. The van der Waals surface area contributed by atoms with E-state index in [1.807, 2.05) is 72.8 Å². The number of amides is 2. The number of carbonyl (C=O) groups is 2. The van der Waals surface area contributed by atoms with Crippen LogP contribution in [0.3, 0.4) is 0 Å². The van der Waals surface area contributed by atoms with E-state index in [1.165, 1.54) is 11.8 Å². The molecule has 0 radical (unpaired) electrons. The van der Waals surface area contributed by atoms with Gasteiger partial charge in [0, 0.05) is 18.0 Å². The van der Waals surface area contributed by atoms with Gasteiger partial charge in [-0.25, -0.2) is 4.99 Å². The van der Waals surface area contributed by atoms with Gasteiger partial charge in [0.25, 0.3) is 11.8 Å². The summed E-state index contributed by atoms with van der Waals surface area (Å²) >= 11 is 7.28. The molecule has 0 saturated carbocycles. The first-order chi connectivity index (χ1) is 17.6. The van der Waals surface area contributed by atoms with E-state index in [9.17, 15) is 9.59 Å². The standard InChI is InChI=1S/C29H26ClN3O2S/c1-3-19-11-5-8-14-22(19)31-29-33(23-15-9-6-12-20(23)4-2)28(35)26(36-29)25-21-13-7-10-16-24(21)32(18-17-30)27(25)34/h5-16H,3-4,17-18H2,1-2H3/b26-25+,31-29?. The summed E-state index contributed by atoms with van der Waals surface area (Å²) in [6.45, 7) is 4.53. The Hall–Kier alpha value is -3.35. The summed E-state index contributed by atoms with van der Waals surface area (Å²) in [6.07, 6.45) is 1.59. The quantitative estimate of drug-likeness (QED) is 0.275. The smallest absolute Gasteiger partial charge is 0.272 e. The highest BCUT2D eigenvalue weighted by Crippen LogP contribution is 2.46. The molecule has 2 heterocycles. The molecule has 5 rings (SSSR count). The summed E-state index contributed by atoms with van der Waals surface area (Å²) in [5.74, 6) is -0.133. The van der Waals surface area contributed by atoms with Gasteiger partial charge in [-0.3, -0.25) is 14.5 Å². The van der Waals surface area contributed by atoms with Gasteiger partial charge in [-0.2, -0.15) is 0 Å². The van der Waals surface area contributed by atoms with Gasteiger partial charge in [0.1, 0.15) is 0 Å². The number of anilines is 2. The van der Waals surface area contributed by atoms with Crippen LogP contribution in [0.4, 0.5) is 17.1 Å². The van der Waals surface area contributed by atoms with Gasteiger partial charge in [0.15, 0.2) is 5.17 Å². The van der Waals surface area contributed by atoms with Crippen molar-refractivity contribution in [2.24, 2.45) is 4.99 Å². The highest BCUT2D eigenvalue weighted by Gasteiger charge is 2.43. The fourth-order valence-corrected chi connectivity index (χ4v) is 5.91. The molecule has 0 aliphatic carbocycles. The number of aryl methyl sites for hydroxylation is 2. The van der Waals surface area contributed by atoms with Gasteiger partial charge < -0.3 is 4.90 Å². The van der Waals surface area contributed by atoms with Crippen LogP contribution in [0.2, 0.25) is 0 Å². The zero-order valence-corrected chi connectivity index (χ0v) is 21.8. The van der Waals surface area contributed by atoms with Crippen LogP contribution in [0.25, 0.3) is 5.57 Å². The number of hydrogen-bond acceptors (Lipinski definition) is 4.